The molecule has 0 heterocycles. The summed E-state index contributed by atoms with van der Waals surface area (Å²) >= 11 is 0. The van der Waals surface area contributed by atoms with Crippen LogP contribution in [0.2, 0.25) is 0 Å². The predicted molar refractivity (Wildman–Crippen MR) is 80.7 cm³/mol. The molecule has 0 aliphatic heterocycles. The Morgan fingerprint density at radius 3 is 2.62 bits per heavy atom. The Morgan fingerprint density at radius 2 is 2.00 bits per heavy atom. The Labute approximate surface area is 123 Å². The van der Waals surface area contributed by atoms with Gasteiger partial charge in [0.2, 0.25) is 0 Å². The van der Waals surface area contributed by atoms with Crippen molar-refractivity contribution >= 4 is 17.3 Å². The number of carbonyl (C=O) groups is 1. The average Bonchev–Trinajstić information content (AvgIpc) is 2.53. The number of ether oxygens (including phenoxy) is 1. The summed E-state index contributed by atoms with van der Waals surface area (Å²) in [5.41, 5.74) is 8.89. The fourth-order valence-corrected chi connectivity index (χ4v) is 1.85. The molecular formula is C16H15N3O2. The highest BCUT2D eigenvalue weighted by Crippen LogP contribution is 2.19. The van der Waals surface area contributed by atoms with Crippen molar-refractivity contribution in [3.8, 4) is 6.07 Å². The average molecular weight is 281 g/mol. The first-order chi connectivity index (χ1) is 10.1. The summed E-state index contributed by atoms with van der Waals surface area (Å²) in [7, 11) is 1.32. The lowest BCUT2D eigenvalue weighted by atomic mass is 10.1. The molecule has 21 heavy (non-hydrogen) atoms. The van der Waals surface area contributed by atoms with Crippen LogP contribution in [0, 0.1) is 11.3 Å². The summed E-state index contributed by atoms with van der Waals surface area (Å²) in [6, 6.07) is 14.5. The van der Waals surface area contributed by atoms with Crippen LogP contribution in [0.15, 0.2) is 42.5 Å². The molecule has 0 radical (unpaired) electrons. The third-order valence-corrected chi connectivity index (χ3v) is 3.04. The van der Waals surface area contributed by atoms with E-state index in [1.165, 1.54) is 7.11 Å². The molecule has 0 saturated heterocycles. The maximum absolute atomic E-state index is 11.6. The number of rotatable bonds is 4. The van der Waals surface area contributed by atoms with Gasteiger partial charge in [0.15, 0.2) is 0 Å². The van der Waals surface area contributed by atoms with Crippen LogP contribution in [0.3, 0.4) is 0 Å². The molecular weight excluding hydrogens is 266 g/mol. The van der Waals surface area contributed by atoms with Gasteiger partial charge < -0.3 is 15.8 Å². The minimum atomic E-state index is -0.463. The Hall–Kier alpha value is -3.00. The van der Waals surface area contributed by atoms with E-state index in [1.54, 1.807) is 30.3 Å². The number of esters is 1. The van der Waals surface area contributed by atoms with Crippen LogP contribution in [0.1, 0.15) is 21.5 Å². The van der Waals surface area contributed by atoms with Crippen LogP contribution < -0.4 is 11.1 Å². The Bertz CT molecular complexity index is 688. The van der Waals surface area contributed by atoms with E-state index in [2.05, 4.69) is 16.1 Å². The van der Waals surface area contributed by atoms with Gasteiger partial charge in [-0.05, 0) is 35.9 Å². The summed E-state index contributed by atoms with van der Waals surface area (Å²) in [6.45, 7) is 0.580. The number of nitrogens with two attached hydrogens (primary N) is 1. The van der Waals surface area contributed by atoms with Gasteiger partial charge in [0.05, 0.1) is 24.3 Å². The second kappa shape index (κ2) is 6.44. The van der Waals surface area contributed by atoms with Crippen LogP contribution >= 0.6 is 0 Å². The van der Waals surface area contributed by atoms with Gasteiger partial charge in [-0.3, -0.25) is 0 Å². The SMILES string of the molecule is COC(=O)c1cc(NCc2ccc(C#N)cc2)ccc1N. The quantitative estimate of drug-likeness (QED) is 0.664. The van der Waals surface area contributed by atoms with Gasteiger partial charge in [-0.15, -0.1) is 0 Å². The summed E-state index contributed by atoms with van der Waals surface area (Å²) in [4.78, 5) is 11.6. The van der Waals surface area contributed by atoms with Crippen molar-refractivity contribution in [3.05, 3.63) is 59.2 Å². The van der Waals surface area contributed by atoms with Gasteiger partial charge >= 0.3 is 5.97 Å². The van der Waals surface area contributed by atoms with Gasteiger partial charge in [-0.1, -0.05) is 12.1 Å². The van der Waals surface area contributed by atoms with Crippen molar-refractivity contribution in [3.63, 3.8) is 0 Å². The first kappa shape index (κ1) is 14.4. The second-order valence-corrected chi connectivity index (χ2v) is 4.46. The van der Waals surface area contributed by atoms with Crippen molar-refractivity contribution in [2.24, 2.45) is 0 Å². The molecule has 5 nitrogen and oxygen atoms in total. The number of nitrogens with zero attached hydrogens (tertiary/aromatic N) is 1. The second-order valence-electron chi connectivity index (χ2n) is 4.46. The molecule has 0 fully saturated rings. The number of benzene rings is 2. The molecule has 0 amide bonds. The van der Waals surface area contributed by atoms with Crippen LogP contribution in [0.4, 0.5) is 11.4 Å². The zero-order chi connectivity index (χ0) is 15.2. The molecule has 2 aromatic carbocycles. The fraction of sp³-hybridized carbons (Fsp3) is 0.125. The zero-order valence-electron chi connectivity index (χ0n) is 11.6. The highest BCUT2D eigenvalue weighted by Gasteiger charge is 2.10. The van der Waals surface area contributed by atoms with Gasteiger partial charge in [0.1, 0.15) is 0 Å². The molecule has 3 N–H and O–H groups in total. The molecule has 5 heteroatoms. The minimum Gasteiger partial charge on any atom is -0.465 e. The molecule has 2 aromatic rings. The first-order valence-corrected chi connectivity index (χ1v) is 6.35. The molecule has 2 rings (SSSR count). The van der Waals surface area contributed by atoms with Crippen molar-refractivity contribution in [1.82, 2.24) is 0 Å². The lowest BCUT2D eigenvalue weighted by molar-refractivity contribution is 0.0602. The van der Waals surface area contributed by atoms with E-state index in [0.29, 0.717) is 23.4 Å². The molecule has 0 saturated carbocycles. The summed E-state index contributed by atoms with van der Waals surface area (Å²) in [5, 5.41) is 11.9. The summed E-state index contributed by atoms with van der Waals surface area (Å²) < 4.78 is 4.68. The molecule has 0 aliphatic rings. The zero-order valence-corrected chi connectivity index (χ0v) is 11.6. The van der Waals surface area contributed by atoms with Gasteiger partial charge in [-0.25, -0.2) is 4.79 Å². The van der Waals surface area contributed by atoms with E-state index >= 15 is 0 Å². The Kier molecular flexibility index (Phi) is 4.42. The number of carbonyl (C=O) groups excluding carboxylic acids is 1. The number of nitriles is 1. The van der Waals surface area contributed by atoms with Gasteiger partial charge in [0, 0.05) is 17.9 Å². The van der Waals surface area contributed by atoms with E-state index < -0.39 is 5.97 Å². The molecule has 0 aliphatic carbocycles. The number of methoxy groups -OCH3 is 1. The van der Waals surface area contributed by atoms with Crippen molar-refractivity contribution in [2.75, 3.05) is 18.2 Å². The third-order valence-electron chi connectivity index (χ3n) is 3.04. The van der Waals surface area contributed by atoms with E-state index in [4.69, 9.17) is 11.0 Å². The highest BCUT2D eigenvalue weighted by atomic mass is 16.5. The largest absolute Gasteiger partial charge is 0.465 e. The summed E-state index contributed by atoms with van der Waals surface area (Å²) in [5.74, 6) is -0.463. The monoisotopic (exact) mass is 281 g/mol. The van der Waals surface area contributed by atoms with Crippen LogP contribution in [0.25, 0.3) is 0 Å². The van der Waals surface area contributed by atoms with Crippen LogP contribution in [0.5, 0.6) is 0 Å². The molecule has 0 bridgehead atoms. The molecule has 0 atom stereocenters. The Morgan fingerprint density at radius 1 is 1.29 bits per heavy atom. The Balaban J connectivity index is 2.09. The maximum atomic E-state index is 11.6. The molecule has 0 aromatic heterocycles. The van der Waals surface area contributed by atoms with Crippen molar-refractivity contribution < 1.29 is 9.53 Å². The minimum absolute atomic E-state index is 0.335. The fourth-order valence-electron chi connectivity index (χ4n) is 1.85. The topological polar surface area (TPSA) is 88.1 Å². The molecule has 0 unspecified atom stereocenters. The lowest BCUT2D eigenvalue weighted by Crippen LogP contribution is -2.07. The van der Waals surface area contributed by atoms with Gasteiger partial charge in [0.25, 0.3) is 0 Å². The lowest BCUT2D eigenvalue weighted by Gasteiger charge is -2.10. The van der Waals surface area contributed by atoms with Crippen molar-refractivity contribution in [1.29, 1.82) is 5.26 Å². The number of hydrogen-bond acceptors (Lipinski definition) is 5. The van der Waals surface area contributed by atoms with E-state index in [0.717, 1.165) is 11.3 Å². The number of hydrogen-bond donors (Lipinski definition) is 2. The third kappa shape index (κ3) is 3.51. The smallest absolute Gasteiger partial charge is 0.340 e. The number of nitrogens with one attached hydrogen (secondary N) is 1. The van der Waals surface area contributed by atoms with Gasteiger partial charge in [-0.2, -0.15) is 5.26 Å². The number of nitrogen functional groups attached to an aromatic ring is 1. The summed E-state index contributed by atoms with van der Waals surface area (Å²) in [6.07, 6.45) is 0. The highest BCUT2D eigenvalue weighted by molar-refractivity contribution is 5.96. The van der Waals surface area contributed by atoms with E-state index in [9.17, 15) is 4.79 Å². The number of anilines is 2. The van der Waals surface area contributed by atoms with Crippen molar-refractivity contribution in [2.45, 2.75) is 6.54 Å². The van der Waals surface area contributed by atoms with E-state index in [1.807, 2.05) is 12.1 Å². The predicted octanol–water partition coefficient (Wildman–Crippen LogP) is 2.54. The van der Waals surface area contributed by atoms with Crippen LogP contribution in [-0.2, 0) is 11.3 Å². The molecule has 106 valence electrons. The first-order valence-electron chi connectivity index (χ1n) is 6.35. The standard InChI is InChI=1S/C16H15N3O2/c1-21-16(20)14-8-13(6-7-15(14)18)19-10-12-4-2-11(9-17)3-5-12/h2-8,19H,10,18H2,1H3. The van der Waals surface area contributed by atoms with Crippen LogP contribution in [-0.4, -0.2) is 13.1 Å². The van der Waals surface area contributed by atoms with E-state index in [-0.39, 0.29) is 0 Å². The maximum Gasteiger partial charge on any atom is 0.340 e. The molecule has 0 spiro atoms. The normalized spacial score (nSPS) is 9.71.